The fraction of sp³-hybridized carbons (Fsp3) is 0.500. The summed E-state index contributed by atoms with van der Waals surface area (Å²) in [6.45, 7) is 12.0. The Bertz CT molecular complexity index is 1190. The largest absolute Gasteiger partial charge is 0.368 e. The van der Waals surface area contributed by atoms with E-state index in [0.717, 1.165) is 86.1 Å². The molecule has 0 spiro atoms. The third kappa shape index (κ3) is 4.22. The maximum atomic E-state index is 13.3. The molecule has 5 rings (SSSR count). The predicted molar refractivity (Wildman–Crippen MR) is 138 cm³/mol. The van der Waals surface area contributed by atoms with E-state index in [-0.39, 0.29) is 5.92 Å². The van der Waals surface area contributed by atoms with Crippen molar-refractivity contribution in [1.82, 2.24) is 19.7 Å². The number of rotatable bonds is 4. The maximum Gasteiger partial charge on any atom is 0.225 e. The summed E-state index contributed by atoms with van der Waals surface area (Å²) in [6.07, 6.45) is 3.61. The van der Waals surface area contributed by atoms with Crippen LogP contribution in [0.3, 0.4) is 0 Å². The molecule has 2 fully saturated rings. The highest BCUT2D eigenvalue weighted by atomic mass is 35.5. The first kappa shape index (κ1) is 23.0. The molecule has 3 aromatic rings. The summed E-state index contributed by atoms with van der Waals surface area (Å²) in [7, 11) is 0. The van der Waals surface area contributed by atoms with Crippen molar-refractivity contribution in [3.63, 3.8) is 0 Å². The Hall–Kier alpha value is -2.80. The van der Waals surface area contributed by atoms with Gasteiger partial charge in [-0.1, -0.05) is 17.7 Å². The van der Waals surface area contributed by atoms with Crippen molar-refractivity contribution in [3.8, 4) is 0 Å². The number of carbonyl (C=O) groups excluding carboxylic acids is 1. The summed E-state index contributed by atoms with van der Waals surface area (Å²) in [5.41, 5.74) is 4.55. The third-order valence-corrected chi connectivity index (χ3v) is 7.61. The van der Waals surface area contributed by atoms with Crippen LogP contribution in [-0.4, -0.2) is 64.8 Å². The molecule has 8 heteroatoms. The number of halogens is 1. The van der Waals surface area contributed by atoms with Gasteiger partial charge in [-0.2, -0.15) is 5.10 Å². The van der Waals surface area contributed by atoms with E-state index in [1.54, 1.807) is 0 Å². The van der Waals surface area contributed by atoms with Crippen LogP contribution < -0.4 is 9.80 Å². The number of fused-ring (bicyclic) bond motifs is 1. The van der Waals surface area contributed by atoms with Crippen molar-refractivity contribution >= 4 is 39.9 Å². The first-order chi connectivity index (χ1) is 16.5. The van der Waals surface area contributed by atoms with Gasteiger partial charge in [0.15, 0.2) is 5.82 Å². The Morgan fingerprint density at radius 3 is 2.47 bits per heavy atom. The Morgan fingerprint density at radius 1 is 1.03 bits per heavy atom. The van der Waals surface area contributed by atoms with E-state index in [4.69, 9.17) is 16.6 Å². The van der Waals surface area contributed by atoms with Gasteiger partial charge in [0.2, 0.25) is 5.91 Å². The van der Waals surface area contributed by atoms with Crippen LogP contribution in [-0.2, 0) is 11.3 Å². The third-order valence-electron chi connectivity index (χ3n) is 7.37. The number of aromatic nitrogens is 3. The first-order valence-electron chi connectivity index (χ1n) is 12.3. The second-order valence-corrected chi connectivity index (χ2v) is 9.87. The van der Waals surface area contributed by atoms with Crippen LogP contribution in [0.25, 0.3) is 10.9 Å². The molecule has 0 N–H and O–H groups in total. The highest BCUT2D eigenvalue weighted by Crippen LogP contribution is 2.31. The minimum absolute atomic E-state index is 0.0905. The lowest BCUT2D eigenvalue weighted by Crippen LogP contribution is -2.52. The molecule has 2 aromatic heterocycles. The van der Waals surface area contributed by atoms with Gasteiger partial charge in [-0.05, 0) is 57.4 Å². The van der Waals surface area contributed by atoms with E-state index < -0.39 is 0 Å². The second kappa shape index (κ2) is 9.45. The van der Waals surface area contributed by atoms with Crippen molar-refractivity contribution in [2.75, 3.05) is 49.1 Å². The SMILES string of the molecule is CCn1nc(C)c2ccnc(N3CCC(C(=O)N4CCN(c5cc(Cl)ccc5C)CC4)CC3)c21. The summed E-state index contributed by atoms with van der Waals surface area (Å²) in [6, 6.07) is 8.08. The van der Waals surface area contributed by atoms with Crippen molar-refractivity contribution < 1.29 is 4.79 Å². The second-order valence-electron chi connectivity index (χ2n) is 9.44. The molecule has 1 aromatic carbocycles. The van der Waals surface area contributed by atoms with Gasteiger partial charge in [0.25, 0.3) is 0 Å². The summed E-state index contributed by atoms with van der Waals surface area (Å²) in [5, 5.41) is 6.61. The van der Waals surface area contributed by atoms with E-state index in [0.29, 0.717) is 5.91 Å². The Labute approximate surface area is 206 Å². The summed E-state index contributed by atoms with van der Waals surface area (Å²) in [4.78, 5) is 24.8. The zero-order valence-corrected chi connectivity index (χ0v) is 21.1. The molecule has 4 heterocycles. The summed E-state index contributed by atoms with van der Waals surface area (Å²) >= 11 is 6.22. The van der Waals surface area contributed by atoms with Crippen LogP contribution in [0.15, 0.2) is 30.5 Å². The highest BCUT2D eigenvalue weighted by molar-refractivity contribution is 6.30. The van der Waals surface area contributed by atoms with Crippen LogP contribution in [0.4, 0.5) is 11.5 Å². The smallest absolute Gasteiger partial charge is 0.225 e. The number of amides is 1. The monoisotopic (exact) mass is 480 g/mol. The quantitative estimate of drug-likeness (QED) is 0.557. The number of nitrogens with zero attached hydrogens (tertiary/aromatic N) is 6. The molecule has 0 aliphatic carbocycles. The molecular formula is C26H33ClN6O. The Kier molecular flexibility index (Phi) is 6.38. The standard InChI is InChI=1S/C26H33ClN6O/c1-4-33-24-22(19(3)29-33)7-10-28-25(24)31-11-8-20(9-12-31)26(34)32-15-13-30(14-16-32)23-17-21(27)6-5-18(23)2/h5-7,10,17,20H,4,8-9,11-16H2,1-3H3. The Balaban J connectivity index is 1.21. The number of hydrogen-bond donors (Lipinski definition) is 0. The zero-order chi connectivity index (χ0) is 23.8. The molecule has 0 radical (unpaired) electrons. The van der Waals surface area contributed by atoms with Crippen LogP contribution in [0, 0.1) is 19.8 Å². The number of piperazine rings is 1. The number of hydrogen-bond acceptors (Lipinski definition) is 5. The molecule has 1 amide bonds. The van der Waals surface area contributed by atoms with Crippen LogP contribution in [0.1, 0.15) is 31.0 Å². The van der Waals surface area contributed by atoms with Gasteiger partial charge in [-0.25, -0.2) is 4.98 Å². The molecule has 34 heavy (non-hydrogen) atoms. The number of anilines is 2. The van der Waals surface area contributed by atoms with Gasteiger partial charge < -0.3 is 14.7 Å². The maximum absolute atomic E-state index is 13.3. The van der Waals surface area contributed by atoms with Gasteiger partial charge in [-0.3, -0.25) is 9.48 Å². The number of pyridine rings is 1. The molecule has 0 unspecified atom stereocenters. The lowest BCUT2D eigenvalue weighted by Gasteiger charge is -2.40. The van der Waals surface area contributed by atoms with Crippen molar-refractivity contribution in [3.05, 3.63) is 46.7 Å². The van der Waals surface area contributed by atoms with E-state index in [1.807, 2.05) is 29.1 Å². The van der Waals surface area contributed by atoms with Crippen LogP contribution in [0.5, 0.6) is 0 Å². The molecule has 0 atom stereocenters. The fourth-order valence-electron chi connectivity index (χ4n) is 5.42. The van der Waals surface area contributed by atoms with Gasteiger partial charge in [0.05, 0.1) is 5.69 Å². The normalized spacial score (nSPS) is 17.6. The van der Waals surface area contributed by atoms with E-state index in [9.17, 15) is 4.79 Å². The molecular weight excluding hydrogens is 448 g/mol. The van der Waals surface area contributed by atoms with Crippen molar-refractivity contribution in [1.29, 1.82) is 0 Å². The van der Waals surface area contributed by atoms with E-state index in [2.05, 4.69) is 46.6 Å². The zero-order valence-electron chi connectivity index (χ0n) is 20.3. The molecule has 2 saturated heterocycles. The van der Waals surface area contributed by atoms with Crippen molar-refractivity contribution in [2.24, 2.45) is 5.92 Å². The summed E-state index contributed by atoms with van der Waals surface area (Å²) in [5.74, 6) is 1.40. The molecule has 2 aliphatic heterocycles. The minimum atomic E-state index is 0.0905. The van der Waals surface area contributed by atoms with E-state index >= 15 is 0 Å². The number of piperidine rings is 1. The van der Waals surface area contributed by atoms with Gasteiger partial charge in [-0.15, -0.1) is 0 Å². The summed E-state index contributed by atoms with van der Waals surface area (Å²) < 4.78 is 2.05. The number of aryl methyl sites for hydroxylation is 3. The van der Waals surface area contributed by atoms with Gasteiger partial charge in [0.1, 0.15) is 5.52 Å². The number of benzene rings is 1. The molecule has 7 nitrogen and oxygen atoms in total. The highest BCUT2D eigenvalue weighted by Gasteiger charge is 2.32. The Morgan fingerprint density at radius 2 is 1.76 bits per heavy atom. The van der Waals surface area contributed by atoms with Gasteiger partial charge in [0, 0.05) is 74.0 Å². The lowest BCUT2D eigenvalue weighted by molar-refractivity contribution is -0.136. The molecule has 0 saturated carbocycles. The molecule has 2 aliphatic rings. The van der Waals surface area contributed by atoms with Gasteiger partial charge >= 0.3 is 0 Å². The molecule has 180 valence electrons. The minimum Gasteiger partial charge on any atom is -0.368 e. The van der Waals surface area contributed by atoms with Crippen molar-refractivity contribution in [2.45, 2.75) is 40.2 Å². The number of carbonyl (C=O) groups is 1. The lowest BCUT2D eigenvalue weighted by atomic mass is 9.94. The predicted octanol–water partition coefficient (Wildman–Crippen LogP) is 4.29. The average molecular weight is 481 g/mol. The first-order valence-corrected chi connectivity index (χ1v) is 12.7. The van der Waals surface area contributed by atoms with Crippen LogP contribution >= 0.6 is 11.6 Å². The van der Waals surface area contributed by atoms with Crippen LogP contribution in [0.2, 0.25) is 5.02 Å². The topological polar surface area (TPSA) is 57.5 Å². The van der Waals surface area contributed by atoms with E-state index in [1.165, 1.54) is 11.3 Å². The fourth-order valence-corrected chi connectivity index (χ4v) is 5.59. The molecule has 0 bridgehead atoms. The average Bonchev–Trinajstić information content (AvgIpc) is 3.21.